The largest absolute Gasteiger partial charge is 0.481 e. The smallest absolute Gasteiger partial charge is 0.306 e. The Balaban J connectivity index is 4.16. The summed E-state index contributed by atoms with van der Waals surface area (Å²) in [5, 5.41) is 8.56. The molecule has 3 nitrogen and oxygen atoms in total. The van der Waals surface area contributed by atoms with Crippen LogP contribution in [0.1, 0.15) is 32.6 Å². The van der Waals surface area contributed by atoms with Gasteiger partial charge in [0.15, 0.2) is 0 Å². The minimum absolute atomic E-state index is 0.173. The van der Waals surface area contributed by atoms with Gasteiger partial charge in [0.1, 0.15) is 6.29 Å². The SMILES string of the molecule is CCC(CC(F)(F)CCC=O)C(=O)O. The number of carboxylic acid groups (broad SMARTS) is 1. The molecule has 14 heavy (non-hydrogen) atoms. The molecule has 0 aromatic carbocycles. The molecule has 0 aromatic rings. The Morgan fingerprint density at radius 3 is 2.50 bits per heavy atom. The van der Waals surface area contributed by atoms with Gasteiger partial charge < -0.3 is 9.90 Å². The van der Waals surface area contributed by atoms with Crippen molar-refractivity contribution in [3.05, 3.63) is 0 Å². The van der Waals surface area contributed by atoms with Gasteiger partial charge in [0.2, 0.25) is 5.92 Å². The van der Waals surface area contributed by atoms with Crippen LogP contribution in [0.3, 0.4) is 0 Å². The number of carbonyl (C=O) groups is 2. The molecule has 0 spiro atoms. The van der Waals surface area contributed by atoms with Gasteiger partial charge in [0, 0.05) is 19.3 Å². The Bertz CT molecular complexity index is 204. The molecule has 1 N–H and O–H groups in total. The first kappa shape index (κ1) is 13.0. The van der Waals surface area contributed by atoms with Crippen LogP contribution in [0.15, 0.2) is 0 Å². The number of halogens is 2. The van der Waals surface area contributed by atoms with E-state index in [1.54, 1.807) is 6.92 Å². The van der Waals surface area contributed by atoms with E-state index >= 15 is 0 Å². The summed E-state index contributed by atoms with van der Waals surface area (Å²) >= 11 is 0. The molecular formula is C9H14F2O3. The molecule has 0 aromatic heterocycles. The highest BCUT2D eigenvalue weighted by Crippen LogP contribution is 2.29. The first-order valence-electron chi connectivity index (χ1n) is 4.47. The summed E-state index contributed by atoms with van der Waals surface area (Å²) in [6, 6.07) is 0. The second-order valence-electron chi connectivity index (χ2n) is 3.21. The molecule has 0 saturated carbocycles. The van der Waals surface area contributed by atoms with Crippen molar-refractivity contribution in [2.45, 2.75) is 38.5 Å². The van der Waals surface area contributed by atoms with E-state index in [2.05, 4.69) is 0 Å². The zero-order valence-corrected chi connectivity index (χ0v) is 8.00. The minimum atomic E-state index is -3.06. The number of aldehydes is 1. The highest BCUT2D eigenvalue weighted by atomic mass is 19.3. The summed E-state index contributed by atoms with van der Waals surface area (Å²) in [5.41, 5.74) is 0. The molecule has 0 bridgehead atoms. The molecule has 0 amide bonds. The first-order valence-corrected chi connectivity index (χ1v) is 4.47. The maximum atomic E-state index is 13.0. The number of carboxylic acids is 1. The topological polar surface area (TPSA) is 54.4 Å². The van der Waals surface area contributed by atoms with E-state index in [9.17, 15) is 18.4 Å². The third-order valence-electron chi connectivity index (χ3n) is 2.02. The van der Waals surface area contributed by atoms with Crippen molar-refractivity contribution in [1.29, 1.82) is 0 Å². The van der Waals surface area contributed by atoms with Crippen molar-refractivity contribution in [1.82, 2.24) is 0 Å². The molecule has 0 radical (unpaired) electrons. The fourth-order valence-corrected chi connectivity index (χ4v) is 1.14. The zero-order valence-electron chi connectivity index (χ0n) is 8.00. The minimum Gasteiger partial charge on any atom is -0.481 e. The highest BCUT2D eigenvalue weighted by molar-refractivity contribution is 5.69. The molecule has 0 aliphatic carbocycles. The zero-order chi connectivity index (χ0) is 11.2. The predicted octanol–water partition coefficient (Wildman–Crippen LogP) is 2.10. The highest BCUT2D eigenvalue weighted by Gasteiger charge is 2.34. The number of hydrogen-bond donors (Lipinski definition) is 1. The number of aliphatic carboxylic acids is 1. The summed E-state index contributed by atoms with van der Waals surface area (Å²) in [7, 11) is 0. The van der Waals surface area contributed by atoms with E-state index < -0.39 is 30.7 Å². The number of rotatable bonds is 7. The van der Waals surface area contributed by atoms with Gasteiger partial charge in [-0.2, -0.15) is 0 Å². The van der Waals surface area contributed by atoms with Crippen molar-refractivity contribution < 1.29 is 23.5 Å². The Kier molecular flexibility index (Phi) is 5.27. The van der Waals surface area contributed by atoms with Crippen LogP contribution in [0.2, 0.25) is 0 Å². The number of hydrogen-bond acceptors (Lipinski definition) is 2. The summed E-state index contributed by atoms with van der Waals surface area (Å²) in [6.07, 6.45) is -0.905. The van der Waals surface area contributed by atoms with E-state index in [0.717, 1.165) is 0 Å². The first-order chi connectivity index (χ1) is 6.43. The van der Waals surface area contributed by atoms with Gasteiger partial charge in [-0.25, -0.2) is 8.78 Å². The van der Waals surface area contributed by atoms with Crippen LogP contribution in [0.25, 0.3) is 0 Å². The predicted molar refractivity (Wildman–Crippen MR) is 46.3 cm³/mol. The third-order valence-corrected chi connectivity index (χ3v) is 2.02. The fourth-order valence-electron chi connectivity index (χ4n) is 1.14. The van der Waals surface area contributed by atoms with Gasteiger partial charge >= 0.3 is 5.97 Å². The third kappa shape index (κ3) is 4.89. The van der Waals surface area contributed by atoms with Gasteiger partial charge in [-0.1, -0.05) is 6.92 Å². The van der Waals surface area contributed by atoms with Crippen molar-refractivity contribution in [3.63, 3.8) is 0 Å². The molecule has 1 atom stereocenters. The van der Waals surface area contributed by atoms with Crippen LogP contribution < -0.4 is 0 Å². The van der Waals surface area contributed by atoms with Crippen molar-refractivity contribution in [3.8, 4) is 0 Å². The molecule has 0 aliphatic heterocycles. The van der Waals surface area contributed by atoms with Crippen LogP contribution in [0.5, 0.6) is 0 Å². The van der Waals surface area contributed by atoms with Gasteiger partial charge in [0.05, 0.1) is 5.92 Å². The lowest BCUT2D eigenvalue weighted by Gasteiger charge is -2.18. The normalized spacial score (nSPS) is 13.6. The van der Waals surface area contributed by atoms with E-state index in [1.165, 1.54) is 0 Å². The summed E-state index contributed by atoms with van der Waals surface area (Å²) < 4.78 is 26.0. The molecule has 0 rings (SSSR count). The average molecular weight is 208 g/mol. The van der Waals surface area contributed by atoms with Gasteiger partial charge in [-0.3, -0.25) is 4.79 Å². The molecule has 0 heterocycles. The summed E-state index contributed by atoms with van der Waals surface area (Å²) in [5.74, 6) is -5.30. The van der Waals surface area contributed by atoms with Crippen LogP contribution in [-0.4, -0.2) is 23.3 Å². The molecule has 0 fully saturated rings. The lowest BCUT2D eigenvalue weighted by atomic mass is 9.96. The van der Waals surface area contributed by atoms with Crippen molar-refractivity contribution >= 4 is 12.3 Å². The quantitative estimate of drug-likeness (QED) is 0.652. The average Bonchev–Trinajstić information content (AvgIpc) is 2.10. The van der Waals surface area contributed by atoms with Crippen LogP contribution in [-0.2, 0) is 9.59 Å². The molecular weight excluding hydrogens is 194 g/mol. The van der Waals surface area contributed by atoms with E-state index in [-0.39, 0.29) is 12.8 Å². The fraction of sp³-hybridized carbons (Fsp3) is 0.778. The molecule has 82 valence electrons. The summed E-state index contributed by atoms with van der Waals surface area (Å²) in [6.45, 7) is 1.55. The maximum Gasteiger partial charge on any atom is 0.306 e. The van der Waals surface area contributed by atoms with Crippen molar-refractivity contribution in [2.24, 2.45) is 5.92 Å². The number of alkyl halides is 2. The van der Waals surface area contributed by atoms with Crippen LogP contribution in [0.4, 0.5) is 8.78 Å². The van der Waals surface area contributed by atoms with E-state index in [0.29, 0.717) is 6.29 Å². The molecule has 0 aliphatic rings. The van der Waals surface area contributed by atoms with Gasteiger partial charge in [0.25, 0.3) is 0 Å². The molecule has 1 unspecified atom stereocenters. The van der Waals surface area contributed by atoms with Gasteiger partial charge in [-0.15, -0.1) is 0 Å². The second-order valence-corrected chi connectivity index (χ2v) is 3.21. The maximum absolute atomic E-state index is 13.0. The van der Waals surface area contributed by atoms with E-state index in [1.807, 2.05) is 0 Å². The van der Waals surface area contributed by atoms with Gasteiger partial charge in [-0.05, 0) is 6.42 Å². The van der Waals surface area contributed by atoms with Crippen LogP contribution >= 0.6 is 0 Å². The lowest BCUT2D eigenvalue weighted by Crippen LogP contribution is -2.25. The molecule has 5 heteroatoms. The van der Waals surface area contributed by atoms with Crippen LogP contribution in [0, 0.1) is 5.92 Å². The number of carbonyl (C=O) groups excluding carboxylic acids is 1. The standard InChI is InChI=1S/C9H14F2O3/c1-2-7(8(13)14)6-9(10,11)4-3-5-12/h5,7H,2-4,6H2,1H3,(H,13,14). The van der Waals surface area contributed by atoms with E-state index in [4.69, 9.17) is 5.11 Å². The second kappa shape index (κ2) is 5.67. The Morgan fingerprint density at radius 1 is 1.57 bits per heavy atom. The molecule has 0 saturated heterocycles. The Morgan fingerprint density at radius 2 is 2.14 bits per heavy atom. The van der Waals surface area contributed by atoms with Crippen molar-refractivity contribution in [2.75, 3.05) is 0 Å². The Hall–Kier alpha value is -1.00. The summed E-state index contributed by atoms with van der Waals surface area (Å²) in [4.78, 5) is 20.4. The Labute approximate surface area is 81.1 Å². The lowest BCUT2D eigenvalue weighted by molar-refractivity contribution is -0.146. The monoisotopic (exact) mass is 208 g/mol.